The van der Waals surface area contributed by atoms with Crippen molar-refractivity contribution in [3.63, 3.8) is 0 Å². The quantitative estimate of drug-likeness (QED) is 0.0625. The summed E-state index contributed by atoms with van der Waals surface area (Å²) in [4.78, 5) is 27.8. The van der Waals surface area contributed by atoms with Crippen LogP contribution < -0.4 is 25.6 Å². The Kier molecular flexibility index (Phi) is 23.8. The molecule has 0 fully saturated rings. The van der Waals surface area contributed by atoms with Gasteiger partial charge in [0.2, 0.25) is 5.91 Å². The maximum Gasteiger partial charge on any atom is 0.220 e. The summed E-state index contributed by atoms with van der Waals surface area (Å²) in [7, 11) is 1.76. The van der Waals surface area contributed by atoms with E-state index in [2.05, 4.69) is 65.9 Å². The van der Waals surface area contributed by atoms with Gasteiger partial charge in [0.1, 0.15) is 11.4 Å². The lowest BCUT2D eigenvalue weighted by Gasteiger charge is -2.38. The Morgan fingerprint density at radius 3 is 1.81 bits per heavy atom. The Morgan fingerprint density at radius 1 is 0.724 bits per heavy atom. The van der Waals surface area contributed by atoms with E-state index >= 15 is 0 Å². The van der Waals surface area contributed by atoms with Crippen LogP contribution >= 0.6 is 0 Å². The van der Waals surface area contributed by atoms with Crippen LogP contribution in [-0.4, -0.2) is 56.7 Å². The predicted octanol–water partition coefficient (Wildman–Crippen LogP) is 12.6. The van der Waals surface area contributed by atoms with Crippen molar-refractivity contribution in [2.75, 3.05) is 43.6 Å². The van der Waals surface area contributed by atoms with E-state index in [0.717, 1.165) is 63.4 Å². The average Bonchev–Trinajstić information content (AvgIpc) is 3.19. The Balaban J connectivity index is 1.03. The zero-order valence-corrected chi connectivity index (χ0v) is 38.3. The number of carbonyl (C=O) groups is 2. The maximum atomic E-state index is 12.9. The van der Waals surface area contributed by atoms with Gasteiger partial charge in [-0.25, -0.2) is 0 Å². The molecule has 1 aromatic rings. The van der Waals surface area contributed by atoms with Crippen LogP contribution in [0.5, 0.6) is 5.75 Å². The van der Waals surface area contributed by atoms with E-state index in [1.807, 2.05) is 26.8 Å². The number of carbonyl (C=O) groups excluding carboxylic acids is 2. The minimum absolute atomic E-state index is 0.0529. The first-order valence-electron chi connectivity index (χ1n) is 23.7. The molecule has 8 nitrogen and oxygen atoms in total. The highest BCUT2D eigenvalue weighted by atomic mass is 16.5. The number of para-hydroxylation sites is 1. The molecule has 0 saturated heterocycles. The van der Waals surface area contributed by atoms with Gasteiger partial charge in [-0.05, 0) is 77.8 Å². The Labute approximate surface area is 355 Å². The molecule has 8 heteroatoms. The van der Waals surface area contributed by atoms with E-state index in [-0.39, 0.29) is 23.3 Å². The van der Waals surface area contributed by atoms with Crippen molar-refractivity contribution in [3.8, 4) is 5.75 Å². The topological polar surface area (TPSA) is 91.9 Å². The second-order valence-corrected chi connectivity index (χ2v) is 19.0. The monoisotopic (exact) mass is 807 g/mol. The number of nitrogens with one attached hydrogen (secondary N) is 3. The molecule has 1 aliphatic carbocycles. The number of hydrogen-bond donors (Lipinski definition) is 3. The van der Waals surface area contributed by atoms with E-state index < -0.39 is 5.41 Å². The lowest BCUT2D eigenvalue weighted by atomic mass is 9.84. The standard InChI is InChI=1S/C50H86N4O4/c1-49(2,3)48(56)42(53-50(4,5)6)35-36-46(55)51-37-26-20-16-12-8-10-14-18-22-28-39-58-40-29-23-19-15-11-9-13-17-21-27-38-54-43-32-25-24-31-41(43)52-47-44(54)33-30-34-45(47)57-7/h30-34,42,52-53H,8-29,35-40H2,1-7H3,(H,51,55). The zero-order valence-electron chi connectivity index (χ0n) is 38.3. The number of nitrogens with zero attached hydrogens (tertiary/aromatic N) is 1. The molecular weight excluding hydrogens is 721 g/mol. The van der Waals surface area contributed by atoms with E-state index in [4.69, 9.17) is 9.47 Å². The summed E-state index contributed by atoms with van der Waals surface area (Å²) in [5.41, 5.74) is 4.31. The fourth-order valence-electron chi connectivity index (χ4n) is 8.22. The van der Waals surface area contributed by atoms with Crippen LogP contribution in [0.15, 0.2) is 41.7 Å². The van der Waals surface area contributed by atoms with Crippen LogP contribution in [-0.2, 0) is 14.3 Å². The number of Topliss-reactive ketones (excluding diaryl/α,β-unsaturated/α-hetero) is 1. The van der Waals surface area contributed by atoms with Crippen LogP contribution in [0, 0.1) is 5.41 Å². The number of amides is 1. The summed E-state index contributed by atoms with van der Waals surface area (Å²) < 4.78 is 11.6. The first-order chi connectivity index (χ1) is 27.9. The lowest BCUT2D eigenvalue weighted by Crippen LogP contribution is -2.51. The smallest absolute Gasteiger partial charge is 0.220 e. The molecule has 0 spiro atoms. The minimum atomic E-state index is -0.425. The third-order valence-electron chi connectivity index (χ3n) is 11.5. The van der Waals surface area contributed by atoms with Crippen LogP contribution in [0.25, 0.3) is 0 Å². The summed E-state index contributed by atoms with van der Waals surface area (Å²) in [6.45, 7) is 15.7. The molecule has 1 aliphatic heterocycles. The molecule has 1 atom stereocenters. The Hall–Kier alpha value is -2.84. The second-order valence-electron chi connectivity index (χ2n) is 19.0. The van der Waals surface area contributed by atoms with Crippen molar-refractivity contribution < 1.29 is 19.1 Å². The summed E-state index contributed by atoms with van der Waals surface area (Å²) >= 11 is 0. The molecule has 1 aromatic carbocycles. The van der Waals surface area contributed by atoms with Crippen molar-refractivity contribution in [1.82, 2.24) is 10.6 Å². The molecule has 330 valence electrons. The number of anilines is 2. The van der Waals surface area contributed by atoms with Gasteiger partial charge in [0.15, 0.2) is 5.78 Å². The third kappa shape index (κ3) is 19.9. The molecule has 0 bridgehead atoms. The number of unbranched alkanes of at least 4 members (excludes halogenated alkanes) is 18. The SMILES string of the molecule is COc1cccc2c1NC1=CCCC=C1N2CCCCCCCCCCCCOCCCCCCCCCCCCNC(=O)CCC(NC(C)(C)C)C(=O)C(C)(C)C. The highest BCUT2D eigenvalue weighted by molar-refractivity contribution is 5.89. The largest absolute Gasteiger partial charge is 0.494 e. The van der Waals surface area contributed by atoms with Crippen molar-refractivity contribution in [1.29, 1.82) is 0 Å². The fourth-order valence-corrected chi connectivity index (χ4v) is 8.22. The van der Waals surface area contributed by atoms with E-state index in [1.165, 1.54) is 133 Å². The van der Waals surface area contributed by atoms with Crippen LogP contribution in [0.3, 0.4) is 0 Å². The van der Waals surface area contributed by atoms with Crippen LogP contribution in [0.2, 0.25) is 0 Å². The van der Waals surface area contributed by atoms with Crippen LogP contribution in [0.4, 0.5) is 11.4 Å². The molecule has 0 radical (unpaired) electrons. The highest BCUT2D eigenvalue weighted by Crippen LogP contribution is 2.44. The van der Waals surface area contributed by atoms with Gasteiger partial charge in [-0.2, -0.15) is 0 Å². The van der Waals surface area contributed by atoms with E-state index in [9.17, 15) is 9.59 Å². The number of ether oxygens (including phenoxy) is 2. The van der Waals surface area contributed by atoms with E-state index in [1.54, 1.807) is 7.11 Å². The predicted molar refractivity (Wildman–Crippen MR) is 246 cm³/mol. The van der Waals surface area contributed by atoms with Gasteiger partial charge >= 0.3 is 0 Å². The fraction of sp³-hybridized carbons (Fsp3) is 0.760. The lowest BCUT2D eigenvalue weighted by molar-refractivity contribution is -0.129. The molecule has 1 amide bonds. The van der Waals surface area contributed by atoms with Gasteiger partial charge in [-0.1, -0.05) is 142 Å². The number of ketones is 1. The van der Waals surface area contributed by atoms with Gasteiger partial charge in [-0.3, -0.25) is 9.59 Å². The Bertz CT molecular complexity index is 1370. The molecule has 1 heterocycles. The van der Waals surface area contributed by atoms with Gasteiger partial charge in [0, 0.05) is 43.7 Å². The number of benzene rings is 1. The van der Waals surface area contributed by atoms with Crippen molar-refractivity contribution in [3.05, 3.63) is 41.7 Å². The minimum Gasteiger partial charge on any atom is -0.494 e. The number of rotatable bonds is 32. The third-order valence-corrected chi connectivity index (χ3v) is 11.5. The molecular formula is C50H86N4O4. The zero-order chi connectivity index (χ0) is 42.1. The number of fused-ring (bicyclic) bond motifs is 2. The average molecular weight is 807 g/mol. The normalized spacial score (nSPS) is 14.6. The van der Waals surface area contributed by atoms with Crippen molar-refractivity contribution in [2.24, 2.45) is 5.41 Å². The molecule has 3 N–H and O–H groups in total. The molecule has 0 aromatic heterocycles. The summed E-state index contributed by atoms with van der Waals surface area (Å²) in [6.07, 6.45) is 33.5. The highest BCUT2D eigenvalue weighted by Gasteiger charge is 2.32. The van der Waals surface area contributed by atoms with Crippen molar-refractivity contribution >= 4 is 23.1 Å². The van der Waals surface area contributed by atoms with Gasteiger partial charge in [0.25, 0.3) is 0 Å². The number of allylic oxidation sites excluding steroid dienone is 2. The molecule has 58 heavy (non-hydrogen) atoms. The maximum absolute atomic E-state index is 12.9. The summed E-state index contributed by atoms with van der Waals surface area (Å²) in [5.74, 6) is 1.14. The summed E-state index contributed by atoms with van der Waals surface area (Å²) in [5, 5.41) is 10.1. The first kappa shape index (κ1) is 49.5. The first-order valence-corrected chi connectivity index (χ1v) is 23.7. The summed E-state index contributed by atoms with van der Waals surface area (Å²) in [6, 6.07) is 6.07. The Morgan fingerprint density at radius 2 is 1.26 bits per heavy atom. The van der Waals surface area contributed by atoms with Crippen molar-refractivity contribution in [2.45, 2.75) is 207 Å². The molecule has 1 unspecified atom stereocenters. The molecule has 2 aliphatic rings. The molecule has 3 rings (SSSR count). The number of hydrogen-bond acceptors (Lipinski definition) is 7. The van der Waals surface area contributed by atoms with Gasteiger partial charge in [0.05, 0.1) is 30.2 Å². The van der Waals surface area contributed by atoms with Gasteiger partial charge in [-0.15, -0.1) is 0 Å². The number of methoxy groups -OCH3 is 1. The van der Waals surface area contributed by atoms with Gasteiger partial charge < -0.3 is 30.3 Å². The van der Waals surface area contributed by atoms with Crippen LogP contribution in [0.1, 0.15) is 196 Å². The molecule has 0 saturated carbocycles. The second kappa shape index (κ2) is 27.8. The van der Waals surface area contributed by atoms with E-state index in [0.29, 0.717) is 12.8 Å².